The van der Waals surface area contributed by atoms with Crippen LogP contribution < -0.4 is 5.73 Å². The van der Waals surface area contributed by atoms with Crippen molar-refractivity contribution in [1.82, 2.24) is 0 Å². The molecule has 1 aromatic carbocycles. The van der Waals surface area contributed by atoms with Gasteiger partial charge in [-0.1, -0.05) is 12.1 Å². The average Bonchev–Trinajstić information content (AvgIpc) is 1.94. The van der Waals surface area contributed by atoms with Crippen LogP contribution in [-0.4, -0.2) is 0 Å². The van der Waals surface area contributed by atoms with Gasteiger partial charge in [-0.05, 0) is 28.7 Å². The molecule has 0 unspecified atom stereocenters. The Morgan fingerprint density at radius 2 is 2.00 bits per heavy atom. The molecule has 0 aromatic heterocycles. The van der Waals surface area contributed by atoms with Gasteiger partial charge in [0.2, 0.25) is 0 Å². The van der Waals surface area contributed by atoms with E-state index >= 15 is 0 Å². The van der Waals surface area contributed by atoms with Gasteiger partial charge in [0.15, 0.2) is 0 Å². The van der Waals surface area contributed by atoms with Gasteiger partial charge < -0.3 is 5.73 Å². The number of benzene rings is 1. The molecule has 11 heavy (non-hydrogen) atoms. The van der Waals surface area contributed by atoms with Crippen LogP contribution in [0.3, 0.4) is 0 Å². The third kappa shape index (κ3) is 1.79. The number of anilines is 1. The number of alkyl halides is 2. The lowest BCUT2D eigenvalue weighted by atomic mass is 10.2. The number of nitrogens with two attached hydrogens (primary N) is 1. The van der Waals surface area contributed by atoms with E-state index in [-0.39, 0.29) is 5.56 Å². The number of hydrogen-bond donors (Lipinski definition) is 1. The number of halogens is 3. The second-order valence-corrected chi connectivity index (χ2v) is 3.13. The van der Waals surface area contributed by atoms with Gasteiger partial charge >= 0.3 is 0 Å². The molecule has 0 bridgehead atoms. The SMILES string of the molecule is Nc1cccc(C(F)F)c1I. The summed E-state index contributed by atoms with van der Waals surface area (Å²) >= 11 is 1.82. The van der Waals surface area contributed by atoms with Crippen molar-refractivity contribution in [2.45, 2.75) is 6.43 Å². The molecule has 4 heteroatoms. The molecule has 0 saturated carbocycles. The maximum atomic E-state index is 12.1. The Balaban J connectivity index is 3.17. The van der Waals surface area contributed by atoms with Crippen LogP contribution >= 0.6 is 22.6 Å². The van der Waals surface area contributed by atoms with E-state index < -0.39 is 6.43 Å². The van der Waals surface area contributed by atoms with Crippen molar-refractivity contribution in [3.63, 3.8) is 0 Å². The van der Waals surface area contributed by atoms with E-state index in [9.17, 15) is 8.78 Å². The molecule has 0 saturated heterocycles. The summed E-state index contributed by atoms with van der Waals surface area (Å²) in [5.74, 6) is 0. The van der Waals surface area contributed by atoms with Gasteiger partial charge in [0.25, 0.3) is 6.43 Å². The van der Waals surface area contributed by atoms with Gasteiger partial charge in [0.05, 0.1) is 0 Å². The molecule has 0 aliphatic rings. The first kappa shape index (κ1) is 8.70. The molecule has 0 aliphatic carbocycles. The highest BCUT2D eigenvalue weighted by Crippen LogP contribution is 2.27. The van der Waals surface area contributed by atoms with Crippen molar-refractivity contribution < 1.29 is 8.78 Å². The van der Waals surface area contributed by atoms with Crippen LogP contribution in [0.1, 0.15) is 12.0 Å². The van der Waals surface area contributed by atoms with Crippen LogP contribution in [0.4, 0.5) is 14.5 Å². The highest BCUT2D eigenvalue weighted by atomic mass is 127. The second-order valence-electron chi connectivity index (χ2n) is 2.05. The minimum Gasteiger partial charge on any atom is -0.398 e. The lowest BCUT2D eigenvalue weighted by molar-refractivity contribution is 0.150. The summed E-state index contributed by atoms with van der Waals surface area (Å²) in [5, 5.41) is 0. The summed E-state index contributed by atoms with van der Waals surface area (Å²) in [4.78, 5) is 0. The van der Waals surface area contributed by atoms with E-state index in [0.717, 1.165) is 0 Å². The predicted molar refractivity (Wildman–Crippen MR) is 48.5 cm³/mol. The summed E-state index contributed by atoms with van der Waals surface area (Å²) in [7, 11) is 0. The van der Waals surface area contributed by atoms with E-state index in [0.29, 0.717) is 9.26 Å². The zero-order valence-corrected chi connectivity index (χ0v) is 7.68. The van der Waals surface area contributed by atoms with Crippen molar-refractivity contribution >= 4 is 28.3 Å². The highest BCUT2D eigenvalue weighted by molar-refractivity contribution is 14.1. The molecule has 60 valence electrons. The Morgan fingerprint density at radius 1 is 1.36 bits per heavy atom. The minimum atomic E-state index is -2.44. The first-order valence-electron chi connectivity index (χ1n) is 2.95. The largest absolute Gasteiger partial charge is 0.398 e. The molecular formula is C7H6F2IN. The predicted octanol–water partition coefficient (Wildman–Crippen LogP) is 2.81. The van der Waals surface area contributed by atoms with Crippen LogP contribution in [-0.2, 0) is 0 Å². The number of hydrogen-bond acceptors (Lipinski definition) is 1. The fourth-order valence-electron chi connectivity index (χ4n) is 0.737. The summed E-state index contributed by atoms with van der Waals surface area (Å²) < 4.78 is 24.7. The molecule has 1 rings (SSSR count). The molecule has 0 amide bonds. The maximum absolute atomic E-state index is 12.1. The quantitative estimate of drug-likeness (QED) is 0.615. The molecule has 0 aliphatic heterocycles. The lowest BCUT2D eigenvalue weighted by Crippen LogP contribution is -1.94. The molecule has 0 fully saturated rings. The molecule has 0 atom stereocenters. The summed E-state index contributed by atoms with van der Waals surface area (Å²) in [6.45, 7) is 0. The Kier molecular flexibility index (Phi) is 2.64. The van der Waals surface area contributed by atoms with Crippen LogP contribution in [0.5, 0.6) is 0 Å². The maximum Gasteiger partial charge on any atom is 0.264 e. The first-order valence-corrected chi connectivity index (χ1v) is 4.03. The molecule has 1 aromatic rings. The monoisotopic (exact) mass is 269 g/mol. The van der Waals surface area contributed by atoms with Gasteiger partial charge in [-0.15, -0.1) is 0 Å². The molecular weight excluding hydrogens is 263 g/mol. The Hall–Kier alpha value is -0.390. The van der Waals surface area contributed by atoms with E-state index in [4.69, 9.17) is 5.73 Å². The van der Waals surface area contributed by atoms with Gasteiger partial charge in [-0.2, -0.15) is 0 Å². The van der Waals surface area contributed by atoms with E-state index in [1.807, 2.05) is 22.6 Å². The summed E-state index contributed by atoms with van der Waals surface area (Å²) in [6, 6.07) is 4.51. The Bertz CT molecular complexity index is 263. The molecule has 0 radical (unpaired) electrons. The van der Waals surface area contributed by atoms with Crippen molar-refractivity contribution in [2.75, 3.05) is 5.73 Å². The average molecular weight is 269 g/mol. The second kappa shape index (κ2) is 3.34. The van der Waals surface area contributed by atoms with Gasteiger partial charge in [-0.3, -0.25) is 0 Å². The third-order valence-corrected chi connectivity index (χ3v) is 2.54. The van der Waals surface area contributed by atoms with Crippen molar-refractivity contribution in [1.29, 1.82) is 0 Å². The van der Waals surface area contributed by atoms with Crippen molar-refractivity contribution in [2.24, 2.45) is 0 Å². The van der Waals surface area contributed by atoms with E-state index in [1.54, 1.807) is 6.07 Å². The normalized spacial score (nSPS) is 10.5. The molecule has 0 heterocycles. The number of rotatable bonds is 1. The van der Waals surface area contributed by atoms with Gasteiger partial charge in [0.1, 0.15) is 0 Å². The fraction of sp³-hybridized carbons (Fsp3) is 0.143. The smallest absolute Gasteiger partial charge is 0.264 e. The minimum absolute atomic E-state index is 0.00519. The van der Waals surface area contributed by atoms with Gasteiger partial charge in [-0.25, -0.2) is 8.78 Å². The standard InChI is InChI=1S/C7H6F2IN/c8-7(9)4-2-1-3-5(11)6(4)10/h1-3,7H,11H2. The first-order chi connectivity index (χ1) is 5.13. The topological polar surface area (TPSA) is 26.0 Å². The van der Waals surface area contributed by atoms with E-state index in [2.05, 4.69) is 0 Å². The van der Waals surface area contributed by atoms with Crippen LogP contribution in [0.25, 0.3) is 0 Å². The van der Waals surface area contributed by atoms with E-state index in [1.165, 1.54) is 12.1 Å². The zero-order valence-electron chi connectivity index (χ0n) is 5.52. The van der Waals surface area contributed by atoms with Crippen molar-refractivity contribution in [3.05, 3.63) is 27.3 Å². The number of nitrogen functional groups attached to an aromatic ring is 1. The molecule has 2 N–H and O–H groups in total. The molecule has 1 nitrogen and oxygen atoms in total. The summed E-state index contributed by atoms with van der Waals surface area (Å²) in [6.07, 6.45) is -2.44. The Labute approximate surface area is 76.7 Å². The highest BCUT2D eigenvalue weighted by Gasteiger charge is 2.11. The van der Waals surface area contributed by atoms with Gasteiger partial charge in [0, 0.05) is 14.8 Å². The van der Waals surface area contributed by atoms with Crippen molar-refractivity contribution in [3.8, 4) is 0 Å². The molecule has 0 spiro atoms. The summed E-state index contributed by atoms with van der Waals surface area (Å²) in [5.41, 5.74) is 5.83. The third-order valence-electron chi connectivity index (χ3n) is 1.29. The fourth-order valence-corrected chi connectivity index (χ4v) is 1.33. The van der Waals surface area contributed by atoms with Crippen LogP contribution in [0.15, 0.2) is 18.2 Å². The lowest BCUT2D eigenvalue weighted by Gasteiger charge is -2.04. The van der Waals surface area contributed by atoms with Crippen LogP contribution in [0.2, 0.25) is 0 Å². The van der Waals surface area contributed by atoms with Crippen LogP contribution in [0, 0.1) is 3.57 Å². The zero-order chi connectivity index (χ0) is 8.43. The Morgan fingerprint density at radius 3 is 2.45 bits per heavy atom.